The van der Waals surface area contributed by atoms with E-state index in [0.717, 1.165) is 33.5 Å². The number of fused-ring (bicyclic) bond motifs is 3. The Morgan fingerprint density at radius 1 is 0.935 bits per heavy atom. The van der Waals surface area contributed by atoms with Gasteiger partial charge in [0, 0.05) is 29.7 Å². The molecule has 0 aliphatic rings. The van der Waals surface area contributed by atoms with Gasteiger partial charge >= 0.3 is 0 Å². The van der Waals surface area contributed by atoms with Crippen molar-refractivity contribution in [2.45, 2.75) is 0 Å². The molecule has 2 aromatic carbocycles. The van der Waals surface area contributed by atoms with E-state index in [0.29, 0.717) is 9.49 Å². The van der Waals surface area contributed by atoms with Gasteiger partial charge in [-0.2, -0.15) is 5.10 Å². The Balaban J connectivity index is 1.59. The van der Waals surface area contributed by atoms with Crippen molar-refractivity contribution in [1.82, 2.24) is 24.1 Å². The average molecular weight is 421 g/mol. The van der Waals surface area contributed by atoms with Crippen molar-refractivity contribution in [3.05, 3.63) is 106 Å². The van der Waals surface area contributed by atoms with Crippen molar-refractivity contribution >= 4 is 33.4 Å². The summed E-state index contributed by atoms with van der Waals surface area (Å²) in [5.74, 6) is 0. The molecule has 0 bridgehead atoms. The van der Waals surface area contributed by atoms with Gasteiger partial charge in [-0.25, -0.2) is 14.1 Å². The zero-order chi connectivity index (χ0) is 20.8. The van der Waals surface area contributed by atoms with Crippen LogP contribution in [0.1, 0.15) is 5.56 Å². The molecule has 0 aliphatic carbocycles. The Morgan fingerprint density at radius 3 is 2.61 bits per heavy atom. The number of pyridine rings is 1. The summed E-state index contributed by atoms with van der Waals surface area (Å²) in [6.07, 6.45) is 7.35. The van der Waals surface area contributed by atoms with Gasteiger partial charge in [0.25, 0.3) is 5.56 Å². The Labute approximate surface area is 180 Å². The van der Waals surface area contributed by atoms with Crippen LogP contribution in [0.3, 0.4) is 0 Å². The first-order valence-corrected chi connectivity index (χ1v) is 10.6. The monoisotopic (exact) mass is 421 g/mol. The number of imidazole rings is 1. The van der Waals surface area contributed by atoms with Crippen LogP contribution in [0, 0.1) is 0 Å². The Hall–Kier alpha value is -4.10. The van der Waals surface area contributed by atoms with E-state index in [-0.39, 0.29) is 5.56 Å². The van der Waals surface area contributed by atoms with Gasteiger partial charge in [0.1, 0.15) is 5.69 Å². The van der Waals surface area contributed by atoms with Crippen LogP contribution in [-0.2, 0) is 0 Å². The average Bonchev–Trinajstić information content (AvgIpc) is 3.48. The van der Waals surface area contributed by atoms with Crippen molar-refractivity contribution in [3.63, 3.8) is 0 Å². The van der Waals surface area contributed by atoms with E-state index in [1.807, 2.05) is 83.7 Å². The van der Waals surface area contributed by atoms with Crippen LogP contribution in [0.15, 0.2) is 90.1 Å². The largest absolute Gasteiger partial charge is 0.274 e. The van der Waals surface area contributed by atoms with Crippen LogP contribution in [0.5, 0.6) is 0 Å². The fraction of sp³-hybridized carbons (Fsp3) is 0. The number of hydrogen-bond donors (Lipinski definition) is 0. The molecule has 0 unspecified atom stereocenters. The second-order valence-corrected chi connectivity index (χ2v) is 8.10. The van der Waals surface area contributed by atoms with Gasteiger partial charge in [-0.1, -0.05) is 41.7 Å². The molecule has 0 aliphatic heterocycles. The molecule has 0 atom stereocenters. The number of nitrogens with zero attached hydrogens (tertiary/aromatic N) is 5. The maximum atomic E-state index is 13.2. The highest BCUT2D eigenvalue weighted by molar-refractivity contribution is 7.15. The van der Waals surface area contributed by atoms with Crippen molar-refractivity contribution in [1.29, 1.82) is 0 Å². The maximum Gasteiger partial charge on any atom is 0.274 e. The Kier molecular flexibility index (Phi) is 4.00. The zero-order valence-electron chi connectivity index (χ0n) is 16.2. The molecule has 0 fully saturated rings. The van der Waals surface area contributed by atoms with Crippen molar-refractivity contribution in [2.75, 3.05) is 0 Å². The number of para-hydroxylation sites is 3. The fourth-order valence-electron chi connectivity index (χ4n) is 3.69. The third-order valence-corrected chi connectivity index (χ3v) is 6.10. The van der Waals surface area contributed by atoms with Crippen LogP contribution in [0.2, 0.25) is 0 Å². The van der Waals surface area contributed by atoms with Crippen molar-refractivity contribution in [2.24, 2.45) is 0 Å². The molecule has 0 saturated carbocycles. The second kappa shape index (κ2) is 7.00. The van der Waals surface area contributed by atoms with E-state index in [2.05, 4.69) is 9.97 Å². The zero-order valence-corrected chi connectivity index (χ0v) is 17.0. The fourth-order valence-corrected chi connectivity index (χ4v) is 4.66. The summed E-state index contributed by atoms with van der Waals surface area (Å²) in [6, 6.07) is 21.4. The first-order valence-electron chi connectivity index (χ1n) is 9.75. The van der Waals surface area contributed by atoms with Gasteiger partial charge in [0.15, 0.2) is 4.96 Å². The minimum Gasteiger partial charge on any atom is -0.267 e. The molecule has 148 valence electrons. The number of thiazole rings is 1. The molecule has 0 N–H and O–H groups in total. The van der Waals surface area contributed by atoms with Gasteiger partial charge in [0.05, 0.1) is 21.3 Å². The van der Waals surface area contributed by atoms with E-state index in [9.17, 15) is 4.79 Å². The van der Waals surface area contributed by atoms with Crippen molar-refractivity contribution < 1.29 is 0 Å². The predicted molar refractivity (Wildman–Crippen MR) is 122 cm³/mol. The minimum absolute atomic E-state index is 0.0710. The molecular weight excluding hydrogens is 406 g/mol. The van der Waals surface area contributed by atoms with E-state index in [1.54, 1.807) is 16.8 Å². The second-order valence-electron chi connectivity index (χ2n) is 7.09. The van der Waals surface area contributed by atoms with Crippen LogP contribution in [0.25, 0.3) is 39.0 Å². The topological polar surface area (TPSA) is 65.1 Å². The molecule has 0 radical (unpaired) electrons. The summed E-state index contributed by atoms with van der Waals surface area (Å²) in [4.78, 5) is 22.7. The van der Waals surface area contributed by atoms with Gasteiger partial charge in [-0.3, -0.25) is 9.78 Å². The highest BCUT2D eigenvalue weighted by Gasteiger charge is 2.14. The minimum atomic E-state index is -0.0710. The molecule has 6 nitrogen and oxygen atoms in total. The van der Waals surface area contributed by atoms with Crippen molar-refractivity contribution in [3.8, 4) is 16.9 Å². The molecule has 0 spiro atoms. The lowest BCUT2D eigenvalue weighted by molar-refractivity contribution is 0.884. The number of hydrogen-bond acceptors (Lipinski definition) is 5. The van der Waals surface area contributed by atoms with Crippen LogP contribution < -0.4 is 10.1 Å². The lowest BCUT2D eigenvalue weighted by Crippen LogP contribution is -2.22. The van der Waals surface area contributed by atoms with Crippen LogP contribution >= 0.6 is 11.3 Å². The van der Waals surface area contributed by atoms with E-state index in [1.165, 1.54) is 11.3 Å². The third kappa shape index (κ3) is 2.94. The summed E-state index contributed by atoms with van der Waals surface area (Å²) in [5.41, 5.74) is 5.04. The molecule has 7 heteroatoms. The van der Waals surface area contributed by atoms with Gasteiger partial charge < -0.3 is 0 Å². The standard InChI is InChI=1S/C24H15N5OS/c30-23-21(31-24-26-19-10-4-5-11-20(19)29(23)24)13-17-15-28(18-8-2-1-3-9-18)27-22(17)16-7-6-12-25-14-16/h1-15H. The number of rotatable bonds is 3. The molecular formula is C24H15N5OS. The first kappa shape index (κ1) is 17.7. The number of benzene rings is 2. The van der Waals surface area contributed by atoms with Gasteiger partial charge in [0.2, 0.25) is 0 Å². The predicted octanol–water partition coefficient (Wildman–Crippen LogP) is 3.70. The molecule has 31 heavy (non-hydrogen) atoms. The summed E-state index contributed by atoms with van der Waals surface area (Å²) in [5, 5.41) is 4.79. The van der Waals surface area contributed by atoms with E-state index >= 15 is 0 Å². The quantitative estimate of drug-likeness (QED) is 0.437. The molecule has 6 aromatic rings. The summed E-state index contributed by atoms with van der Waals surface area (Å²) in [6.45, 7) is 0. The SMILES string of the molecule is O=c1c(=Cc2cn(-c3ccccc3)nc2-c2cccnc2)sc2nc3ccccc3n12. The highest BCUT2D eigenvalue weighted by Crippen LogP contribution is 2.24. The first-order chi connectivity index (χ1) is 15.3. The summed E-state index contributed by atoms with van der Waals surface area (Å²) >= 11 is 1.38. The van der Waals surface area contributed by atoms with Gasteiger partial charge in [-0.05, 0) is 42.5 Å². The Morgan fingerprint density at radius 2 is 1.77 bits per heavy atom. The molecule has 0 saturated heterocycles. The molecule has 4 heterocycles. The molecule has 0 amide bonds. The third-order valence-electron chi connectivity index (χ3n) is 5.13. The van der Waals surface area contributed by atoms with E-state index in [4.69, 9.17) is 5.10 Å². The number of aromatic nitrogens is 5. The lowest BCUT2D eigenvalue weighted by atomic mass is 10.1. The van der Waals surface area contributed by atoms with E-state index < -0.39 is 0 Å². The highest BCUT2D eigenvalue weighted by atomic mass is 32.1. The van der Waals surface area contributed by atoms with Crippen LogP contribution in [-0.4, -0.2) is 24.1 Å². The lowest BCUT2D eigenvalue weighted by Gasteiger charge is -1.99. The molecule has 6 rings (SSSR count). The summed E-state index contributed by atoms with van der Waals surface area (Å²) < 4.78 is 4.12. The smallest absolute Gasteiger partial charge is 0.267 e. The summed E-state index contributed by atoms with van der Waals surface area (Å²) in [7, 11) is 0. The maximum absolute atomic E-state index is 13.2. The normalized spacial score (nSPS) is 12.2. The Bertz CT molecular complexity index is 1650. The van der Waals surface area contributed by atoms with Gasteiger partial charge in [-0.15, -0.1) is 0 Å². The molecule has 4 aromatic heterocycles. The van der Waals surface area contributed by atoms with Crippen LogP contribution in [0.4, 0.5) is 0 Å².